The number of benzene rings is 4. The Kier molecular flexibility index (Phi) is 11.9. The number of amides is 2. The van der Waals surface area contributed by atoms with Gasteiger partial charge in [-0.2, -0.15) is 0 Å². The number of carbonyl (C=O) groups is 2. The number of para-hydroxylation sites is 1. The van der Waals surface area contributed by atoms with Crippen molar-refractivity contribution in [3.8, 4) is 0 Å². The van der Waals surface area contributed by atoms with E-state index in [0.29, 0.717) is 33.4 Å². The van der Waals surface area contributed by atoms with Crippen LogP contribution >= 0.6 is 23.2 Å². The molecule has 0 aliphatic heterocycles. The summed E-state index contributed by atoms with van der Waals surface area (Å²) in [6.45, 7) is 7.45. The number of rotatable bonds is 13. The van der Waals surface area contributed by atoms with Crippen molar-refractivity contribution in [2.24, 2.45) is 5.92 Å². The van der Waals surface area contributed by atoms with Gasteiger partial charge in [-0.15, -0.1) is 0 Å². The van der Waals surface area contributed by atoms with E-state index in [1.807, 2.05) is 51.1 Å². The molecule has 10 heteroatoms. The average Bonchev–Trinajstić information content (AvgIpc) is 3.02. The third-order valence-corrected chi connectivity index (χ3v) is 9.94. The molecule has 0 spiro atoms. The Bertz CT molecular complexity index is 1760. The van der Waals surface area contributed by atoms with Crippen LogP contribution in [0.15, 0.2) is 102 Å². The van der Waals surface area contributed by atoms with Crippen LogP contribution in [0.1, 0.15) is 36.1 Å². The van der Waals surface area contributed by atoms with Gasteiger partial charge in [0.05, 0.1) is 10.6 Å². The number of carbonyl (C=O) groups excluding carboxylic acids is 2. The van der Waals surface area contributed by atoms with E-state index in [2.05, 4.69) is 5.32 Å². The molecule has 0 aromatic heterocycles. The molecule has 0 radical (unpaired) electrons. The van der Waals surface area contributed by atoms with Crippen LogP contribution in [0.3, 0.4) is 0 Å². The second-order valence-corrected chi connectivity index (χ2v) is 14.4. The fourth-order valence-corrected chi connectivity index (χ4v) is 6.95. The van der Waals surface area contributed by atoms with Gasteiger partial charge in [-0.1, -0.05) is 109 Å². The quantitative estimate of drug-likeness (QED) is 0.162. The van der Waals surface area contributed by atoms with E-state index in [-0.39, 0.29) is 29.7 Å². The van der Waals surface area contributed by atoms with Gasteiger partial charge in [-0.3, -0.25) is 13.9 Å². The third-order valence-electron chi connectivity index (χ3n) is 7.58. The Labute approximate surface area is 282 Å². The van der Waals surface area contributed by atoms with Gasteiger partial charge in [0.2, 0.25) is 11.8 Å². The minimum Gasteiger partial charge on any atom is -0.354 e. The van der Waals surface area contributed by atoms with Crippen molar-refractivity contribution >= 4 is 50.7 Å². The van der Waals surface area contributed by atoms with Crippen LogP contribution in [-0.4, -0.2) is 44.3 Å². The molecule has 1 atom stereocenters. The first kappa shape index (κ1) is 35.0. The lowest BCUT2D eigenvalue weighted by Gasteiger charge is -2.34. The Balaban J connectivity index is 1.83. The molecule has 0 aliphatic carbocycles. The highest BCUT2D eigenvalue weighted by Gasteiger charge is 2.35. The summed E-state index contributed by atoms with van der Waals surface area (Å²) < 4.78 is 29.6. The first-order valence-electron chi connectivity index (χ1n) is 15.1. The normalized spacial score (nSPS) is 12.1. The lowest BCUT2D eigenvalue weighted by atomic mass is 10.0. The molecule has 0 bridgehead atoms. The SMILES string of the molecule is Cc1ccc(S(=O)(=O)N(CC(=O)N(Cc2ccc(Cl)cc2Cl)[C@H](Cc2ccccc2)C(=O)NCC(C)C)c2ccccc2C)cc1. The molecule has 4 aromatic carbocycles. The zero-order valence-corrected chi connectivity index (χ0v) is 28.7. The van der Waals surface area contributed by atoms with Crippen molar-refractivity contribution < 1.29 is 18.0 Å². The van der Waals surface area contributed by atoms with Crippen molar-refractivity contribution in [3.63, 3.8) is 0 Å². The summed E-state index contributed by atoms with van der Waals surface area (Å²) in [7, 11) is -4.19. The highest BCUT2D eigenvalue weighted by Crippen LogP contribution is 2.29. The van der Waals surface area contributed by atoms with Crippen LogP contribution < -0.4 is 9.62 Å². The van der Waals surface area contributed by atoms with Crippen LogP contribution in [0.2, 0.25) is 10.0 Å². The molecule has 242 valence electrons. The summed E-state index contributed by atoms with van der Waals surface area (Å²) in [4.78, 5) is 30.0. The van der Waals surface area contributed by atoms with Gasteiger partial charge in [0.25, 0.3) is 10.0 Å². The summed E-state index contributed by atoms with van der Waals surface area (Å²) >= 11 is 12.8. The van der Waals surface area contributed by atoms with Crippen molar-refractivity contribution in [1.29, 1.82) is 0 Å². The van der Waals surface area contributed by atoms with Gasteiger partial charge in [0.1, 0.15) is 12.6 Å². The highest BCUT2D eigenvalue weighted by atomic mass is 35.5. The number of halogens is 2. The van der Waals surface area contributed by atoms with E-state index in [4.69, 9.17) is 23.2 Å². The minimum absolute atomic E-state index is 0.0480. The molecule has 7 nitrogen and oxygen atoms in total. The van der Waals surface area contributed by atoms with Crippen LogP contribution in [0.25, 0.3) is 0 Å². The molecule has 4 rings (SSSR count). The summed E-state index contributed by atoms with van der Waals surface area (Å²) in [6, 6.07) is 26.9. The van der Waals surface area contributed by atoms with E-state index in [1.165, 1.54) is 17.0 Å². The standard InChI is InChI=1S/C36H39Cl2N3O4S/c1-25(2)22-39-36(43)34(20-28-11-6-5-7-12-28)40(23-29-16-17-30(37)21-32(29)38)35(42)24-41(33-13-9-8-10-27(33)4)46(44,45)31-18-14-26(3)15-19-31/h5-19,21,25,34H,20,22-24H2,1-4H3,(H,39,43)/t34-/m1/s1. The average molecular weight is 681 g/mol. The highest BCUT2D eigenvalue weighted by molar-refractivity contribution is 7.92. The lowest BCUT2D eigenvalue weighted by molar-refractivity contribution is -0.140. The predicted molar refractivity (Wildman–Crippen MR) is 186 cm³/mol. The second kappa shape index (κ2) is 15.6. The molecule has 0 saturated heterocycles. The molecule has 4 aromatic rings. The summed E-state index contributed by atoms with van der Waals surface area (Å²) in [6.07, 6.45) is 0.205. The van der Waals surface area contributed by atoms with Gasteiger partial charge >= 0.3 is 0 Å². The Morgan fingerprint density at radius 3 is 2.13 bits per heavy atom. The van der Waals surface area contributed by atoms with E-state index >= 15 is 0 Å². The smallest absolute Gasteiger partial charge is 0.264 e. The maximum Gasteiger partial charge on any atom is 0.264 e. The molecule has 0 aliphatic rings. The summed E-state index contributed by atoms with van der Waals surface area (Å²) in [5, 5.41) is 3.74. The maximum absolute atomic E-state index is 14.6. The number of nitrogens with zero attached hydrogens (tertiary/aromatic N) is 2. The number of nitrogens with one attached hydrogen (secondary N) is 1. The number of hydrogen-bond donors (Lipinski definition) is 1. The van der Waals surface area contributed by atoms with E-state index in [0.717, 1.165) is 15.4 Å². The Morgan fingerprint density at radius 1 is 0.848 bits per heavy atom. The first-order valence-corrected chi connectivity index (χ1v) is 17.3. The second-order valence-electron chi connectivity index (χ2n) is 11.7. The van der Waals surface area contributed by atoms with Gasteiger partial charge in [-0.25, -0.2) is 8.42 Å². The number of sulfonamides is 1. The first-order chi connectivity index (χ1) is 21.9. The lowest BCUT2D eigenvalue weighted by Crippen LogP contribution is -2.53. The minimum atomic E-state index is -4.19. The summed E-state index contributed by atoms with van der Waals surface area (Å²) in [5.41, 5.74) is 3.35. The molecular formula is C36H39Cl2N3O4S. The molecule has 2 amide bonds. The van der Waals surface area contributed by atoms with Crippen LogP contribution in [0.5, 0.6) is 0 Å². The predicted octanol–water partition coefficient (Wildman–Crippen LogP) is 7.22. The van der Waals surface area contributed by atoms with Crippen LogP contribution in [0.4, 0.5) is 5.69 Å². The number of hydrogen-bond acceptors (Lipinski definition) is 4. The van der Waals surface area contributed by atoms with Crippen LogP contribution in [-0.2, 0) is 32.6 Å². The molecule has 1 N–H and O–H groups in total. The fourth-order valence-electron chi connectivity index (χ4n) is 5.00. The zero-order chi connectivity index (χ0) is 33.4. The van der Waals surface area contributed by atoms with Crippen molar-refractivity contribution in [2.75, 3.05) is 17.4 Å². The molecule has 0 saturated carbocycles. The van der Waals surface area contributed by atoms with Crippen molar-refractivity contribution in [1.82, 2.24) is 10.2 Å². The molecule has 0 heterocycles. The van der Waals surface area contributed by atoms with Gasteiger partial charge in [0.15, 0.2) is 0 Å². The number of aryl methyl sites for hydroxylation is 2. The zero-order valence-electron chi connectivity index (χ0n) is 26.4. The largest absolute Gasteiger partial charge is 0.354 e. The summed E-state index contributed by atoms with van der Waals surface area (Å²) in [5.74, 6) is -0.738. The molecular weight excluding hydrogens is 641 g/mol. The molecule has 46 heavy (non-hydrogen) atoms. The van der Waals surface area contributed by atoms with E-state index in [1.54, 1.807) is 61.5 Å². The maximum atomic E-state index is 14.6. The fraction of sp³-hybridized carbons (Fsp3) is 0.278. The van der Waals surface area contributed by atoms with E-state index < -0.39 is 28.5 Å². The monoisotopic (exact) mass is 679 g/mol. The van der Waals surface area contributed by atoms with Gasteiger partial charge in [-0.05, 0) is 66.8 Å². The Morgan fingerprint density at radius 2 is 1.50 bits per heavy atom. The number of anilines is 1. The molecule has 0 fully saturated rings. The van der Waals surface area contributed by atoms with E-state index in [9.17, 15) is 18.0 Å². The Hall–Kier alpha value is -3.85. The van der Waals surface area contributed by atoms with Gasteiger partial charge in [0, 0.05) is 29.6 Å². The third kappa shape index (κ3) is 8.90. The topological polar surface area (TPSA) is 86.8 Å². The molecule has 0 unspecified atom stereocenters. The van der Waals surface area contributed by atoms with Gasteiger partial charge < -0.3 is 10.2 Å². The van der Waals surface area contributed by atoms with Crippen molar-refractivity contribution in [3.05, 3.63) is 129 Å². The van der Waals surface area contributed by atoms with Crippen LogP contribution in [0, 0.1) is 19.8 Å². The van der Waals surface area contributed by atoms with Crippen molar-refractivity contribution in [2.45, 2.75) is 51.6 Å².